The molecule has 12 heavy (non-hydrogen) atoms. The molecule has 0 aliphatic carbocycles. The van der Waals surface area contributed by atoms with Crippen LogP contribution in [-0.4, -0.2) is 0 Å². The highest BCUT2D eigenvalue weighted by Gasteiger charge is 2.04. The minimum absolute atomic E-state index is 0.492. The molecule has 2 nitrogen and oxygen atoms in total. The third kappa shape index (κ3) is 1.47. The van der Waals surface area contributed by atoms with Gasteiger partial charge in [-0.25, -0.2) is 4.85 Å². The van der Waals surface area contributed by atoms with E-state index in [9.17, 15) is 0 Å². The van der Waals surface area contributed by atoms with Crippen LogP contribution in [0.3, 0.4) is 0 Å². The van der Waals surface area contributed by atoms with Crippen LogP contribution in [0.1, 0.15) is 11.1 Å². The van der Waals surface area contributed by atoms with Crippen molar-refractivity contribution in [3.8, 4) is 6.07 Å². The number of hydrogen-bond donors (Lipinski definition) is 0. The average molecular weight is 221 g/mol. The van der Waals surface area contributed by atoms with Crippen LogP contribution in [0.25, 0.3) is 4.85 Å². The standard InChI is InChI=1S/C9H5BrN2/c1-6-3-7(5-11)4-8(12-2)9(6)10/h3-4H,1H3. The molecule has 1 aromatic rings. The molecule has 3 heteroatoms. The molecule has 0 spiro atoms. The van der Waals surface area contributed by atoms with E-state index < -0.39 is 0 Å². The number of aryl methyl sites for hydroxylation is 1. The van der Waals surface area contributed by atoms with Crippen LogP contribution in [0.5, 0.6) is 0 Å². The van der Waals surface area contributed by atoms with Crippen molar-refractivity contribution >= 4 is 21.6 Å². The lowest BCUT2D eigenvalue weighted by Gasteiger charge is -2.00. The summed E-state index contributed by atoms with van der Waals surface area (Å²) in [7, 11) is 0. The highest BCUT2D eigenvalue weighted by Crippen LogP contribution is 2.29. The van der Waals surface area contributed by atoms with E-state index in [0.29, 0.717) is 11.3 Å². The molecule has 1 aromatic carbocycles. The minimum atomic E-state index is 0.492. The maximum absolute atomic E-state index is 8.60. The van der Waals surface area contributed by atoms with Crippen molar-refractivity contribution in [2.75, 3.05) is 0 Å². The van der Waals surface area contributed by atoms with Crippen molar-refractivity contribution in [3.63, 3.8) is 0 Å². The van der Waals surface area contributed by atoms with Gasteiger partial charge in [0.05, 0.1) is 12.6 Å². The molecule has 0 aliphatic heterocycles. The van der Waals surface area contributed by atoms with Gasteiger partial charge in [-0.3, -0.25) is 0 Å². The fourth-order valence-electron chi connectivity index (χ4n) is 0.897. The molecule has 0 atom stereocenters. The Kier molecular flexibility index (Phi) is 2.47. The van der Waals surface area contributed by atoms with Gasteiger partial charge in [0.25, 0.3) is 0 Å². The predicted molar refractivity (Wildman–Crippen MR) is 49.9 cm³/mol. The van der Waals surface area contributed by atoms with Crippen LogP contribution in [-0.2, 0) is 0 Å². The van der Waals surface area contributed by atoms with Gasteiger partial charge in [0, 0.05) is 10.0 Å². The van der Waals surface area contributed by atoms with Crippen LogP contribution in [0, 0.1) is 24.8 Å². The first-order valence-electron chi connectivity index (χ1n) is 3.26. The van der Waals surface area contributed by atoms with E-state index in [0.717, 1.165) is 10.0 Å². The Labute approximate surface area is 79.4 Å². The van der Waals surface area contributed by atoms with E-state index >= 15 is 0 Å². The first kappa shape index (κ1) is 8.77. The van der Waals surface area contributed by atoms with Crippen molar-refractivity contribution in [3.05, 3.63) is 39.1 Å². The Hall–Kier alpha value is -1.32. The van der Waals surface area contributed by atoms with Gasteiger partial charge in [0.15, 0.2) is 0 Å². The van der Waals surface area contributed by atoms with Crippen molar-refractivity contribution < 1.29 is 0 Å². The summed E-state index contributed by atoms with van der Waals surface area (Å²) in [5, 5.41) is 8.60. The summed E-state index contributed by atoms with van der Waals surface area (Å²) in [6.07, 6.45) is 0. The van der Waals surface area contributed by atoms with Gasteiger partial charge >= 0.3 is 0 Å². The van der Waals surface area contributed by atoms with Crippen molar-refractivity contribution in [2.45, 2.75) is 6.92 Å². The van der Waals surface area contributed by atoms with Crippen LogP contribution >= 0.6 is 15.9 Å². The van der Waals surface area contributed by atoms with Crippen molar-refractivity contribution in [2.24, 2.45) is 0 Å². The zero-order chi connectivity index (χ0) is 9.14. The monoisotopic (exact) mass is 220 g/mol. The molecular formula is C9H5BrN2. The van der Waals surface area contributed by atoms with Crippen LogP contribution in [0.4, 0.5) is 5.69 Å². The molecule has 1 rings (SSSR count). The first-order valence-corrected chi connectivity index (χ1v) is 4.06. The van der Waals surface area contributed by atoms with Gasteiger partial charge in [0.1, 0.15) is 0 Å². The number of rotatable bonds is 0. The number of halogens is 1. The van der Waals surface area contributed by atoms with E-state index in [1.54, 1.807) is 12.1 Å². The highest BCUT2D eigenvalue weighted by molar-refractivity contribution is 9.10. The number of nitriles is 1. The third-order valence-electron chi connectivity index (χ3n) is 1.48. The SMILES string of the molecule is [C-]#[N+]c1cc(C#N)cc(C)c1Br. The quantitative estimate of drug-likeness (QED) is 0.618. The lowest BCUT2D eigenvalue weighted by Crippen LogP contribution is -1.79. The normalized spacial score (nSPS) is 8.67. The van der Waals surface area contributed by atoms with Gasteiger partial charge in [-0.15, -0.1) is 0 Å². The minimum Gasteiger partial charge on any atom is -0.237 e. The van der Waals surface area contributed by atoms with E-state index in [2.05, 4.69) is 20.8 Å². The van der Waals surface area contributed by atoms with Crippen LogP contribution < -0.4 is 0 Å². The Bertz CT molecular complexity index is 396. The molecule has 0 amide bonds. The second-order valence-corrected chi connectivity index (χ2v) is 3.14. The van der Waals surface area contributed by atoms with Crippen LogP contribution in [0.15, 0.2) is 16.6 Å². The Balaban J connectivity index is 3.44. The van der Waals surface area contributed by atoms with Crippen molar-refractivity contribution in [1.29, 1.82) is 5.26 Å². The summed E-state index contributed by atoms with van der Waals surface area (Å²) >= 11 is 3.28. The molecule has 0 heterocycles. The Morgan fingerprint density at radius 2 is 2.25 bits per heavy atom. The molecule has 0 fully saturated rings. The fraction of sp³-hybridized carbons (Fsp3) is 0.111. The topological polar surface area (TPSA) is 28.1 Å². The summed E-state index contributed by atoms with van der Waals surface area (Å²) < 4.78 is 0.775. The molecule has 0 aliphatic rings. The van der Waals surface area contributed by atoms with Gasteiger partial charge < -0.3 is 0 Å². The predicted octanol–water partition coefficient (Wildman–Crippen LogP) is 3.18. The largest absolute Gasteiger partial charge is 0.237 e. The summed E-state index contributed by atoms with van der Waals surface area (Å²) in [6.45, 7) is 8.70. The van der Waals surface area contributed by atoms with Gasteiger partial charge in [-0.05, 0) is 24.6 Å². The second-order valence-electron chi connectivity index (χ2n) is 2.35. The van der Waals surface area contributed by atoms with E-state index in [1.807, 2.05) is 13.0 Å². The molecule has 0 radical (unpaired) electrons. The molecule has 0 saturated carbocycles. The average Bonchev–Trinajstić information content (AvgIpc) is 2.09. The van der Waals surface area contributed by atoms with Crippen LogP contribution in [0.2, 0.25) is 0 Å². The number of benzene rings is 1. The number of hydrogen-bond acceptors (Lipinski definition) is 1. The summed E-state index contributed by atoms with van der Waals surface area (Å²) in [6, 6.07) is 5.33. The summed E-state index contributed by atoms with van der Waals surface area (Å²) in [5.74, 6) is 0. The first-order chi connectivity index (χ1) is 5.69. The molecule has 0 bridgehead atoms. The van der Waals surface area contributed by atoms with E-state index in [-0.39, 0.29) is 0 Å². The second kappa shape index (κ2) is 3.38. The van der Waals surface area contributed by atoms with Gasteiger partial charge in [0.2, 0.25) is 5.69 Å². The summed E-state index contributed by atoms with van der Waals surface area (Å²) in [4.78, 5) is 3.29. The molecule has 0 aromatic heterocycles. The fourth-order valence-corrected chi connectivity index (χ4v) is 1.21. The summed E-state index contributed by atoms with van der Waals surface area (Å²) in [5.41, 5.74) is 1.94. The molecule has 0 unspecified atom stereocenters. The molecule has 0 saturated heterocycles. The smallest absolute Gasteiger partial charge is 0.202 e. The lowest BCUT2D eigenvalue weighted by atomic mass is 10.1. The zero-order valence-electron chi connectivity index (χ0n) is 6.43. The lowest BCUT2D eigenvalue weighted by molar-refractivity contribution is 1.40. The van der Waals surface area contributed by atoms with Gasteiger partial charge in [-0.2, -0.15) is 5.26 Å². The molecule has 58 valence electrons. The van der Waals surface area contributed by atoms with E-state index in [1.165, 1.54) is 0 Å². The molecular weight excluding hydrogens is 216 g/mol. The maximum Gasteiger partial charge on any atom is 0.202 e. The Morgan fingerprint density at radius 3 is 2.75 bits per heavy atom. The van der Waals surface area contributed by atoms with Crippen molar-refractivity contribution in [1.82, 2.24) is 0 Å². The van der Waals surface area contributed by atoms with E-state index in [4.69, 9.17) is 11.8 Å². The third-order valence-corrected chi connectivity index (χ3v) is 2.52. The molecule has 0 N–H and O–H groups in total. The zero-order valence-corrected chi connectivity index (χ0v) is 8.01. The Morgan fingerprint density at radius 1 is 1.58 bits per heavy atom. The highest BCUT2D eigenvalue weighted by atomic mass is 79.9. The van der Waals surface area contributed by atoms with Gasteiger partial charge in [-0.1, -0.05) is 15.9 Å². The number of nitrogens with zero attached hydrogens (tertiary/aromatic N) is 2. The maximum atomic E-state index is 8.60.